The normalized spacial score (nSPS) is 50.5. The summed E-state index contributed by atoms with van der Waals surface area (Å²) in [7, 11) is 0. The Morgan fingerprint density at radius 2 is 1.81 bits per heavy atom. The molecule has 5 aliphatic rings. The van der Waals surface area contributed by atoms with Gasteiger partial charge in [-0.15, -0.1) is 0 Å². The standard InChI is InChI=1S/C30H48O/c1-7-21(19(2)3)9-8-20(4)25-10-11-26-24-16-22-17-30(22)18-23(31)12-15-29(30,6)27(24)13-14-28(25,26)5/h8-9,19-22,24-27H,7,10-18H2,1-6H3/b9-8+. The van der Waals surface area contributed by atoms with Crippen LogP contribution >= 0.6 is 0 Å². The molecule has 31 heavy (non-hydrogen) atoms. The van der Waals surface area contributed by atoms with Crippen molar-refractivity contribution in [3.8, 4) is 0 Å². The summed E-state index contributed by atoms with van der Waals surface area (Å²) in [5.74, 6) is 7.29. The molecule has 0 N–H and O–H groups in total. The lowest BCUT2D eigenvalue weighted by Gasteiger charge is -2.60. The molecule has 5 saturated carbocycles. The second-order valence-corrected chi connectivity index (χ2v) is 13.6. The van der Waals surface area contributed by atoms with Crippen LogP contribution in [0.2, 0.25) is 0 Å². The van der Waals surface area contributed by atoms with E-state index in [1.807, 2.05) is 0 Å². The number of rotatable bonds is 5. The Bertz CT molecular complexity index is 750. The van der Waals surface area contributed by atoms with E-state index in [0.29, 0.717) is 27.9 Å². The predicted molar refractivity (Wildman–Crippen MR) is 130 cm³/mol. The van der Waals surface area contributed by atoms with E-state index in [1.165, 1.54) is 51.4 Å². The van der Waals surface area contributed by atoms with Gasteiger partial charge in [0.15, 0.2) is 0 Å². The molecule has 0 heterocycles. The predicted octanol–water partition coefficient (Wildman–Crippen LogP) is 8.09. The van der Waals surface area contributed by atoms with Crippen LogP contribution < -0.4 is 0 Å². The first kappa shape index (κ1) is 22.2. The van der Waals surface area contributed by atoms with Crippen molar-refractivity contribution in [2.24, 2.45) is 63.6 Å². The summed E-state index contributed by atoms with van der Waals surface area (Å²) >= 11 is 0. The number of carbonyl (C=O) groups is 1. The van der Waals surface area contributed by atoms with E-state index in [4.69, 9.17) is 0 Å². The number of hydrogen-bond donors (Lipinski definition) is 0. The van der Waals surface area contributed by atoms with E-state index in [0.717, 1.165) is 54.3 Å². The Balaban J connectivity index is 1.35. The minimum atomic E-state index is 0.428. The molecule has 0 aliphatic heterocycles. The largest absolute Gasteiger partial charge is 0.300 e. The molecule has 0 aromatic heterocycles. The van der Waals surface area contributed by atoms with Crippen molar-refractivity contribution in [3.05, 3.63) is 12.2 Å². The third-order valence-corrected chi connectivity index (χ3v) is 12.3. The number of carbonyl (C=O) groups excluding carboxylic acids is 1. The summed E-state index contributed by atoms with van der Waals surface area (Å²) in [5.41, 5.74) is 1.43. The highest BCUT2D eigenvalue weighted by Gasteiger charge is 2.73. The van der Waals surface area contributed by atoms with Gasteiger partial charge in [0, 0.05) is 12.8 Å². The van der Waals surface area contributed by atoms with Crippen LogP contribution in [-0.4, -0.2) is 5.78 Å². The number of Topliss-reactive ketones (excluding diaryl/α,β-unsaturated/α-hetero) is 1. The molecular weight excluding hydrogens is 376 g/mol. The molecule has 10 unspecified atom stereocenters. The van der Waals surface area contributed by atoms with E-state index < -0.39 is 0 Å². The van der Waals surface area contributed by atoms with E-state index in [1.54, 1.807) is 0 Å². The number of hydrogen-bond acceptors (Lipinski definition) is 1. The average Bonchev–Trinajstić information content (AvgIpc) is 3.29. The highest BCUT2D eigenvalue weighted by Crippen LogP contribution is 2.80. The van der Waals surface area contributed by atoms with Crippen LogP contribution in [0.1, 0.15) is 106 Å². The lowest BCUT2D eigenvalue weighted by Crippen LogP contribution is -2.54. The van der Waals surface area contributed by atoms with Crippen LogP contribution in [0.3, 0.4) is 0 Å². The number of fused-ring (bicyclic) bond motifs is 4. The van der Waals surface area contributed by atoms with Gasteiger partial charge < -0.3 is 0 Å². The van der Waals surface area contributed by atoms with Crippen molar-refractivity contribution in [2.45, 2.75) is 106 Å². The van der Waals surface area contributed by atoms with Crippen LogP contribution in [0.15, 0.2) is 12.2 Å². The highest BCUT2D eigenvalue weighted by atomic mass is 16.1. The molecule has 1 heteroatoms. The van der Waals surface area contributed by atoms with Gasteiger partial charge in [-0.2, -0.15) is 0 Å². The summed E-state index contributed by atoms with van der Waals surface area (Å²) in [5, 5.41) is 0. The maximum Gasteiger partial charge on any atom is 0.133 e. The quantitative estimate of drug-likeness (QED) is 0.407. The molecule has 0 amide bonds. The number of ketones is 1. The van der Waals surface area contributed by atoms with Gasteiger partial charge in [-0.05, 0) is 115 Å². The van der Waals surface area contributed by atoms with Gasteiger partial charge in [0.05, 0.1) is 0 Å². The first-order valence-corrected chi connectivity index (χ1v) is 13.9. The second kappa shape index (κ2) is 7.46. The number of allylic oxidation sites excluding steroid dienone is 2. The molecule has 1 spiro atoms. The Hall–Kier alpha value is -0.590. The molecular formula is C30H48O. The van der Waals surface area contributed by atoms with Crippen LogP contribution in [0.25, 0.3) is 0 Å². The first-order valence-electron chi connectivity index (χ1n) is 13.9. The van der Waals surface area contributed by atoms with Crippen molar-refractivity contribution in [1.82, 2.24) is 0 Å². The van der Waals surface area contributed by atoms with Crippen molar-refractivity contribution in [3.63, 3.8) is 0 Å². The zero-order valence-electron chi connectivity index (χ0n) is 21.3. The fourth-order valence-electron chi connectivity index (χ4n) is 10.4. The van der Waals surface area contributed by atoms with E-state index in [9.17, 15) is 4.79 Å². The lowest BCUT2D eigenvalue weighted by atomic mass is 9.44. The smallest absolute Gasteiger partial charge is 0.133 e. The van der Waals surface area contributed by atoms with Crippen LogP contribution in [0, 0.1) is 63.6 Å². The summed E-state index contributed by atoms with van der Waals surface area (Å²) in [4.78, 5) is 12.4. The molecule has 5 aliphatic carbocycles. The average molecular weight is 425 g/mol. The summed E-state index contributed by atoms with van der Waals surface area (Å²) in [6.45, 7) is 14.9. The highest BCUT2D eigenvalue weighted by molar-refractivity contribution is 5.81. The third kappa shape index (κ3) is 3.10. The molecule has 0 bridgehead atoms. The zero-order chi connectivity index (χ0) is 22.2. The molecule has 5 fully saturated rings. The molecule has 1 nitrogen and oxygen atoms in total. The van der Waals surface area contributed by atoms with Crippen molar-refractivity contribution >= 4 is 5.78 Å². The molecule has 174 valence electrons. The molecule has 0 aromatic rings. The van der Waals surface area contributed by atoms with Crippen molar-refractivity contribution in [2.75, 3.05) is 0 Å². The maximum atomic E-state index is 12.4. The van der Waals surface area contributed by atoms with Gasteiger partial charge in [0.25, 0.3) is 0 Å². The topological polar surface area (TPSA) is 17.1 Å². The molecule has 0 radical (unpaired) electrons. The Labute approximate surface area is 192 Å². The lowest BCUT2D eigenvalue weighted by molar-refractivity contribution is -0.144. The van der Waals surface area contributed by atoms with Gasteiger partial charge >= 0.3 is 0 Å². The molecule has 10 atom stereocenters. The first-order chi connectivity index (χ1) is 14.7. The summed E-state index contributed by atoms with van der Waals surface area (Å²) in [6.07, 6.45) is 18.1. The summed E-state index contributed by atoms with van der Waals surface area (Å²) in [6, 6.07) is 0. The van der Waals surface area contributed by atoms with Gasteiger partial charge in [0.2, 0.25) is 0 Å². The fraction of sp³-hybridized carbons (Fsp3) is 0.900. The van der Waals surface area contributed by atoms with E-state index in [-0.39, 0.29) is 0 Å². The minimum absolute atomic E-state index is 0.428. The summed E-state index contributed by atoms with van der Waals surface area (Å²) < 4.78 is 0. The van der Waals surface area contributed by atoms with Crippen molar-refractivity contribution in [1.29, 1.82) is 0 Å². The van der Waals surface area contributed by atoms with Crippen LogP contribution in [-0.2, 0) is 4.79 Å². The SMILES string of the molecule is CCC(/C=C/C(C)C1CCC2C3CC4CC45CC(=O)CCC5(C)C3CCC12C)C(C)C. The molecule has 5 rings (SSSR count). The second-order valence-electron chi connectivity index (χ2n) is 13.6. The van der Waals surface area contributed by atoms with Gasteiger partial charge in [-0.1, -0.05) is 53.7 Å². The third-order valence-electron chi connectivity index (χ3n) is 12.3. The fourth-order valence-corrected chi connectivity index (χ4v) is 10.4. The van der Waals surface area contributed by atoms with Gasteiger partial charge in [-0.25, -0.2) is 0 Å². The monoisotopic (exact) mass is 424 g/mol. The minimum Gasteiger partial charge on any atom is -0.300 e. The van der Waals surface area contributed by atoms with E-state index >= 15 is 0 Å². The zero-order valence-corrected chi connectivity index (χ0v) is 21.3. The molecule has 0 saturated heterocycles. The Kier molecular flexibility index (Phi) is 5.35. The van der Waals surface area contributed by atoms with Gasteiger partial charge in [0.1, 0.15) is 5.78 Å². The van der Waals surface area contributed by atoms with Crippen LogP contribution in [0.5, 0.6) is 0 Å². The maximum absolute atomic E-state index is 12.4. The Morgan fingerprint density at radius 3 is 2.52 bits per heavy atom. The van der Waals surface area contributed by atoms with E-state index in [2.05, 4.69) is 53.7 Å². The van der Waals surface area contributed by atoms with Crippen LogP contribution in [0.4, 0.5) is 0 Å². The molecule has 0 aromatic carbocycles. The van der Waals surface area contributed by atoms with Gasteiger partial charge in [-0.3, -0.25) is 4.79 Å². The van der Waals surface area contributed by atoms with Crippen molar-refractivity contribution < 1.29 is 4.79 Å². The Morgan fingerprint density at radius 1 is 1.03 bits per heavy atom.